The van der Waals surface area contributed by atoms with Gasteiger partial charge in [0.15, 0.2) is 0 Å². The molecule has 13 atom stereocenters. The average Bonchev–Trinajstić information content (AvgIpc) is 3.29. The van der Waals surface area contributed by atoms with Gasteiger partial charge in [0.05, 0.1) is 29.5 Å². The van der Waals surface area contributed by atoms with E-state index < -0.39 is 52.5 Å². The normalized spacial score (nSPS) is 47.7. The molecule has 280 valence electrons. The van der Waals surface area contributed by atoms with E-state index in [1.807, 2.05) is 27.7 Å². The molecule has 1 aliphatic heterocycles. The monoisotopic (exact) mass is 689 g/mol. The van der Waals surface area contributed by atoms with Crippen molar-refractivity contribution in [3.8, 4) is 0 Å². The molecule has 6 rings (SSSR count). The van der Waals surface area contributed by atoms with Gasteiger partial charge in [0.1, 0.15) is 17.7 Å². The van der Waals surface area contributed by atoms with Gasteiger partial charge < -0.3 is 34.8 Å². The van der Waals surface area contributed by atoms with Crippen LogP contribution in [0.1, 0.15) is 141 Å². The van der Waals surface area contributed by atoms with Crippen LogP contribution in [0.3, 0.4) is 0 Å². The number of nitrogens with one attached hydrogen (secondary N) is 1. The van der Waals surface area contributed by atoms with Crippen molar-refractivity contribution >= 4 is 12.1 Å². The molecule has 4 N–H and O–H groups in total. The summed E-state index contributed by atoms with van der Waals surface area (Å²) in [5.41, 5.74) is -2.88. The zero-order chi connectivity index (χ0) is 36.5. The minimum atomic E-state index is -0.935. The van der Waals surface area contributed by atoms with Crippen molar-refractivity contribution in [1.82, 2.24) is 5.32 Å². The van der Waals surface area contributed by atoms with Crippen molar-refractivity contribution in [2.24, 2.45) is 50.7 Å². The highest BCUT2D eigenvalue weighted by atomic mass is 16.6. The highest BCUT2D eigenvalue weighted by Gasteiger charge is 2.85. The van der Waals surface area contributed by atoms with Gasteiger partial charge in [0, 0.05) is 11.3 Å². The van der Waals surface area contributed by atoms with Crippen LogP contribution < -0.4 is 5.32 Å². The number of aliphatic hydroxyl groups excluding tert-OH is 2. The zero-order valence-corrected chi connectivity index (χ0v) is 32.4. The zero-order valence-electron chi connectivity index (χ0n) is 32.4. The third kappa shape index (κ3) is 5.43. The van der Waals surface area contributed by atoms with Crippen LogP contribution in [0.4, 0.5) is 4.79 Å². The minimum Gasteiger partial charge on any atom is -0.460 e. The molecule has 1 heterocycles. The fourth-order valence-corrected chi connectivity index (χ4v) is 13.5. The maximum absolute atomic E-state index is 13.7. The van der Waals surface area contributed by atoms with Crippen LogP contribution in [0.15, 0.2) is 0 Å². The molecule has 1 amide bonds. The van der Waals surface area contributed by atoms with Crippen LogP contribution in [-0.2, 0) is 19.0 Å². The largest absolute Gasteiger partial charge is 0.460 e. The lowest BCUT2D eigenvalue weighted by Gasteiger charge is -2.64. The Morgan fingerprint density at radius 1 is 0.857 bits per heavy atom. The highest BCUT2D eigenvalue weighted by Crippen LogP contribution is 2.89. The quantitative estimate of drug-likeness (QED) is 0.231. The number of alkyl carbamates (subject to hydrolysis) is 1. The summed E-state index contributed by atoms with van der Waals surface area (Å²) in [6, 6.07) is -0.836. The number of rotatable bonds is 6. The van der Waals surface area contributed by atoms with E-state index in [4.69, 9.17) is 14.2 Å². The van der Waals surface area contributed by atoms with Gasteiger partial charge >= 0.3 is 12.1 Å². The standard InChI is InChI=1S/C40H67NO8/c1-22(2)28(41-32(45)49-33(3,4)5)31(44)47-26-14-16-40-21-39(40)18-17-36(10)30(38(12)15-13-27(48-38)35(8,9)46)24(43)20-37(36,11)25(39)19-23(42)29(40)34(26,6)7/h22-30,42-43,46H,13-21H2,1-12H3,(H,41,45)/t23-,24-,25?,26-,27-,28-,29-,30-,36+,37-,38+,39?,40?/m0/s1. The first kappa shape index (κ1) is 37.3. The highest BCUT2D eigenvalue weighted by molar-refractivity contribution is 5.82. The summed E-state index contributed by atoms with van der Waals surface area (Å²) in [5, 5.41) is 37.8. The van der Waals surface area contributed by atoms with E-state index in [1.165, 1.54) is 0 Å². The van der Waals surface area contributed by atoms with Gasteiger partial charge in [-0.15, -0.1) is 0 Å². The molecule has 2 spiro atoms. The molecule has 3 unspecified atom stereocenters. The average molecular weight is 690 g/mol. The summed E-state index contributed by atoms with van der Waals surface area (Å²) >= 11 is 0. The molecule has 6 aliphatic rings. The van der Waals surface area contributed by atoms with Crippen LogP contribution in [0.2, 0.25) is 0 Å². The predicted octanol–water partition coefficient (Wildman–Crippen LogP) is 6.54. The summed E-state index contributed by atoms with van der Waals surface area (Å²) < 4.78 is 18.5. The third-order valence-corrected chi connectivity index (χ3v) is 15.6. The van der Waals surface area contributed by atoms with E-state index in [9.17, 15) is 24.9 Å². The first-order chi connectivity index (χ1) is 22.3. The molecule has 1 saturated heterocycles. The van der Waals surface area contributed by atoms with E-state index >= 15 is 0 Å². The molecular weight excluding hydrogens is 622 g/mol. The molecule has 5 aliphatic carbocycles. The number of fused-ring (bicyclic) bond motifs is 2. The second-order valence-electron chi connectivity index (χ2n) is 20.7. The molecule has 6 fully saturated rings. The molecule has 0 aromatic heterocycles. The van der Waals surface area contributed by atoms with E-state index in [2.05, 4.69) is 39.9 Å². The lowest BCUT2D eigenvalue weighted by Crippen LogP contribution is -2.62. The Labute approximate surface area is 295 Å². The maximum Gasteiger partial charge on any atom is 0.408 e. The van der Waals surface area contributed by atoms with Gasteiger partial charge in [-0.2, -0.15) is 0 Å². The van der Waals surface area contributed by atoms with E-state index in [-0.39, 0.29) is 57.5 Å². The van der Waals surface area contributed by atoms with Gasteiger partial charge in [-0.3, -0.25) is 0 Å². The summed E-state index contributed by atoms with van der Waals surface area (Å²) in [5.74, 6) is -0.430. The third-order valence-electron chi connectivity index (χ3n) is 15.6. The molecule has 5 saturated carbocycles. The summed E-state index contributed by atoms with van der Waals surface area (Å²) in [7, 11) is 0. The molecule has 9 heteroatoms. The number of hydrogen-bond donors (Lipinski definition) is 4. The van der Waals surface area contributed by atoms with Crippen molar-refractivity contribution in [2.75, 3.05) is 0 Å². The van der Waals surface area contributed by atoms with Crippen molar-refractivity contribution in [3.63, 3.8) is 0 Å². The topological polar surface area (TPSA) is 135 Å². The number of hydrogen-bond acceptors (Lipinski definition) is 8. The fraction of sp³-hybridized carbons (Fsp3) is 0.950. The SMILES string of the molecule is CC(C)[C@H](NC(=O)OC(C)(C)C)C(=O)O[C@H]1CCC23CC24CC[C@]2(C)[C@@H]([C@@]5(C)CC[C@@H](C(C)(C)O)O5)[C@@H](O)C[C@@]2(C)C4C[C@H](O)[C@H]3C1(C)C. The van der Waals surface area contributed by atoms with Crippen LogP contribution in [0.5, 0.6) is 0 Å². The van der Waals surface area contributed by atoms with E-state index in [1.54, 1.807) is 20.8 Å². The second kappa shape index (κ2) is 11.3. The smallest absolute Gasteiger partial charge is 0.408 e. The van der Waals surface area contributed by atoms with Crippen molar-refractivity contribution in [2.45, 2.75) is 188 Å². The Balaban J connectivity index is 1.22. The fourth-order valence-electron chi connectivity index (χ4n) is 13.5. The molecular formula is C40H67NO8. The van der Waals surface area contributed by atoms with Gasteiger partial charge in [-0.1, -0.05) is 41.5 Å². The van der Waals surface area contributed by atoms with Crippen LogP contribution in [-0.4, -0.2) is 74.6 Å². The Hall–Kier alpha value is -1.42. The Morgan fingerprint density at radius 2 is 1.51 bits per heavy atom. The predicted molar refractivity (Wildman–Crippen MR) is 186 cm³/mol. The summed E-state index contributed by atoms with van der Waals surface area (Å²) in [6.07, 6.45) is 5.41. The summed E-state index contributed by atoms with van der Waals surface area (Å²) in [4.78, 5) is 26.3. The number of carbonyl (C=O) groups is 2. The number of ether oxygens (including phenoxy) is 3. The molecule has 9 nitrogen and oxygen atoms in total. The van der Waals surface area contributed by atoms with Crippen molar-refractivity contribution < 1.29 is 39.1 Å². The first-order valence-electron chi connectivity index (χ1n) is 19.2. The van der Waals surface area contributed by atoms with Gasteiger partial charge in [0.2, 0.25) is 0 Å². The van der Waals surface area contributed by atoms with Crippen LogP contribution in [0.25, 0.3) is 0 Å². The van der Waals surface area contributed by atoms with E-state index in [0.717, 1.165) is 44.9 Å². The van der Waals surface area contributed by atoms with Gasteiger partial charge in [-0.05, 0) is 139 Å². The van der Waals surface area contributed by atoms with Crippen molar-refractivity contribution in [1.29, 1.82) is 0 Å². The van der Waals surface area contributed by atoms with E-state index in [0.29, 0.717) is 12.8 Å². The lowest BCUT2D eigenvalue weighted by atomic mass is 9.41. The number of aliphatic hydroxyl groups is 3. The molecule has 0 radical (unpaired) electrons. The second-order valence-corrected chi connectivity index (χ2v) is 20.7. The van der Waals surface area contributed by atoms with Crippen molar-refractivity contribution in [3.05, 3.63) is 0 Å². The molecule has 0 bridgehead atoms. The molecule has 0 aromatic carbocycles. The Kier molecular flexibility index (Phi) is 8.60. The number of esters is 1. The Bertz CT molecular complexity index is 1330. The van der Waals surface area contributed by atoms with Crippen LogP contribution in [0, 0.1) is 50.7 Å². The molecule has 0 aromatic rings. The lowest BCUT2D eigenvalue weighted by molar-refractivity contribution is -0.218. The first-order valence-corrected chi connectivity index (χ1v) is 19.2. The molecule has 49 heavy (non-hydrogen) atoms. The van der Waals surface area contributed by atoms with Crippen LogP contribution >= 0.6 is 0 Å². The number of carbonyl (C=O) groups excluding carboxylic acids is 2. The number of amides is 1. The summed E-state index contributed by atoms with van der Waals surface area (Å²) in [6.45, 7) is 24.1. The minimum absolute atomic E-state index is 0.0163. The maximum atomic E-state index is 13.7. The Morgan fingerprint density at radius 3 is 2.08 bits per heavy atom. The van der Waals surface area contributed by atoms with Gasteiger partial charge in [0.25, 0.3) is 0 Å². The van der Waals surface area contributed by atoms with Gasteiger partial charge in [-0.25, -0.2) is 9.59 Å².